The van der Waals surface area contributed by atoms with Crippen molar-refractivity contribution in [3.63, 3.8) is 0 Å². The van der Waals surface area contributed by atoms with E-state index in [1.54, 1.807) is 19.4 Å². The van der Waals surface area contributed by atoms with Gasteiger partial charge in [0, 0.05) is 17.0 Å². The number of unbranched alkanes of at least 4 members (excludes halogenated alkanes) is 5. The molecule has 4 aliphatic carbocycles. The summed E-state index contributed by atoms with van der Waals surface area (Å²) in [5.74, 6) is 3.30. The van der Waals surface area contributed by atoms with Crippen LogP contribution < -0.4 is 0 Å². The normalized spacial score (nSPS) is 39.1. The van der Waals surface area contributed by atoms with Gasteiger partial charge in [-0.1, -0.05) is 82.5 Å². The first-order chi connectivity index (χ1) is 16.7. The van der Waals surface area contributed by atoms with Gasteiger partial charge in [0.05, 0.1) is 0 Å². The maximum absolute atomic E-state index is 12.5. The maximum atomic E-state index is 12.5. The third-order valence-electron chi connectivity index (χ3n) is 11.3. The first-order valence-corrected chi connectivity index (χ1v) is 15.3. The molecule has 0 aromatic rings. The van der Waals surface area contributed by atoms with E-state index in [-0.39, 0.29) is 12.1 Å². The molecule has 0 aromatic carbocycles. The van der Waals surface area contributed by atoms with Crippen LogP contribution in [0, 0.1) is 34.5 Å². The van der Waals surface area contributed by atoms with E-state index in [1.807, 2.05) is 0 Å². The number of hydrogen-bond acceptors (Lipinski definition) is 2. The number of rotatable bonds is 9. The highest BCUT2D eigenvalue weighted by atomic mass is 35.5. The second-order valence-corrected chi connectivity index (χ2v) is 13.6. The Hall–Kier alpha value is -0.760. The van der Waals surface area contributed by atoms with E-state index < -0.39 is 0 Å². The Morgan fingerprint density at radius 3 is 2.49 bits per heavy atom. The van der Waals surface area contributed by atoms with Gasteiger partial charge in [-0.3, -0.25) is 0 Å². The van der Waals surface area contributed by atoms with Crippen LogP contribution in [-0.2, 0) is 9.53 Å². The van der Waals surface area contributed by atoms with E-state index in [1.165, 1.54) is 77.0 Å². The summed E-state index contributed by atoms with van der Waals surface area (Å²) in [6.07, 6.45) is 22.7. The molecule has 3 fully saturated rings. The first-order valence-electron chi connectivity index (χ1n) is 14.9. The molecular weight excluding hydrogens is 452 g/mol. The lowest BCUT2D eigenvalue weighted by molar-refractivity contribution is -0.146. The summed E-state index contributed by atoms with van der Waals surface area (Å²) in [5, 5.41) is 0.534. The van der Waals surface area contributed by atoms with Crippen LogP contribution >= 0.6 is 11.6 Å². The van der Waals surface area contributed by atoms with Gasteiger partial charge in [-0.05, 0) is 99.7 Å². The van der Waals surface area contributed by atoms with Crippen molar-refractivity contribution in [2.45, 2.75) is 137 Å². The standard InChI is InChI=1S/C32H51ClO2/c1-6-7-8-9-10-11-12-24-14-16-28-27-15-13-25-21-26(35-30(34)22(2)23(3)33)17-19-32(25,5)29(27)18-20-31(24,28)4/h13,24,26-29H,6-12,14-21H2,1-5H3/b23-22-/t24-,26+,27+,28-,29+,31-,32+/m1/s1. The van der Waals surface area contributed by atoms with E-state index in [0.29, 0.717) is 21.4 Å². The molecule has 0 N–H and O–H groups in total. The van der Waals surface area contributed by atoms with Crippen LogP contribution in [0.25, 0.3) is 0 Å². The lowest BCUT2D eigenvalue weighted by atomic mass is 9.47. The molecule has 35 heavy (non-hydrogen) atoms. The number of fused-ring (bicyclic) bond motifs is 5. The predicted octanol–water partition coefficient (Wildman–Crippen LogP) is 9.76. The fourth-order valence-corrected chi connectivity index (χ4v) is 8.94. The van der Waals surface area contributed by atoms with Crippen LogP contribution in [0.2, 0.25) is 0 Å². The second-order valence-electron chi connectivity index (χ2n) is 13.1. The number of halogens is 1. The number of esters is 1. The summed E-state index contributed by atoms with van der Waals surface area (Å²) in [7, 11) is 0. The topological polar surface area (TPSA) is 26.3 Å². The lowest BCUT2D eigenvalue weighted by Crippen LogP contribution is -2.50. The molecule has 0 heterocycles. The van der Waals surface area contributed by atoms with Crippen molar-refractivity contribution in [3.05, 3.63) is 22.3 Å². The number of carbonyl (C=O) groups is 1. The molecule has 0 aromatic heterocycles. The van der Waals surface area contributed by atoms with Crippen LogP contribution in [0.5, 0.6) is 0 Å². The van der Waals surface area contributed by atoms with Crippen molar-refractivity contribution >= 4 is 17.6 Å². The summed E-state index contributed by atoms with van der Waals surface area (Å²) in [4.78, 5) is 12.5. The average molecular weight is 503 g/mol. The number of allylic oxidation sites excluding steroid dienone is 2. The van der Waals surface area contributed by atoms with Crippen LogP contribution in [0.3, 0.4) is 0 Å². The summed E-state index contributed by atoms with van der Waals surface area (Å²) in [6.45, 7) is 11.1. The quantitative estimate of drug-likeness (QED) is 0.136. The molecule has 0 unspecified atom stereocenters. The largest absolute Gasteiger partial charge is 0.459 e. The monoisotopic (exact) mass is 502 g/mol. The summed E-state index contributed by atoms with van der Waals surface area (Å²) < 4.78 is 5.89. The first kappa shape index (κ1) is 27.3. The van der Waals surface area contributed by atoms with Crippen LogP contribution in [0.1, 0.15) is 131 Å². The highest BCUT2D eigenvalue weighted by molar-refractivity contribution is 6.31. The van der Waals surface area contributed by atoms with E-state index in [2.05, 4.69) is 26.8 Å². The maximum Gasteiger partial charge on any atom is 0.335 e. The van der Waals surface area contributed by atoms with Crippen molar-refractivity contribution in [2.24, 2.45) is 34.5 Å². The van der Waals surface area contributed by atoms with Crippen LogP contribution in [0.4, 0.5) is 0 Å². The van der Waals surface area contributed by atoms with Crippen molar-refractivity contribution in [1.82, 2.24) is 0 Å². The van der Waals surface area contributed by atoms with Crippen LogP contribution in [-0.4, -0.2) is 12.1 Å². The zero-order valence-corrected chi connectivity index (χ0v) is 24.0. The zero-order chi connectivity index (χ0) is 25.2. The molecule has 0 spiro atoms. The molecule has 2 nitrogen and oxygen atoms in total. The van der Waals surface area contributed by atoms with Crippen molar-refractivity contribution < 1.29 is 9.53 Å². The van der Waals surface area contributed by atoms with Crippen molar-refractivity contribution in [3.8, 4) is 0 Å². The lowest BCUT2D eigenvalue weighted by Gasteiger charge is -2.58. The third kappa shape index (κ3) is 5.44. The van der Waals surface area contributed by atoms with E-state index >= 15 is 0 Å². The number of hydrogen-bond donors (Lipinski definition) is 0. The van der Waals surface area contributed by atoms with Gasteiger partial charge in [0.2, 0.25) is 0 Å². The minimum atomic E-state index is -0.240. The van der Waals surface area contributed by atoms with Gasteiger partial charge in [-0.25, -0.2) is 4.79 Å². The van der Waals surface area contributed by atoms with Gasteiger partial charge in [-0.15, -0.1) is 0 Å². The summed E-state index contributed by atoms with van der Waals surface area (Å²) >= 11 is 6.04. The van der Waals surface area contributed by atoms with Gasteiger partial charge >= 0.3 is 5.97 Å². The Morgan fingerprint density at radius 2 is 1.74 bits per heavy atom. The third-order valence-corrected chi connectivity index (χ3v) is 11.5. The van der Waals surface area contributed by atoms with Gasteiger partial charge in [0.1, 0.15) is 6.10 Å². The Kier molecular flexibility index (Phi) is 8.82. The fourth-order valence-electron chi connectivity index (χ4n) is 8.86. The highest BCUT2D eigenvalue weighted by Crippen LogP contribution is 2.66. The minimum absolute atomic E-state index is 0.00591. The minimum Gasteiger partial charge on any atom is -0.459 e. The predicted molar refractivity (Wildman–Crippen MR) is 147 cm³/mol. The molecule has 4 rings (SSSR count). The number of ether oxygens (including phenoxy) is 1. The van der Waals surface area contributed by atoms with Gasteiger partial charge in [-0.2, -0.15) is 0 Å². The van der Waals surface area contributed by atoms with E-state index in [4.69, 9.17) is 16.3 Å². The average Bonchev–Trinajstić information content (AvgIpc) is 3.17. The van der Waals surface area contributed by atoms with Gasteiger partial charge in [0.15, 0.2) is 0 Å². The highest BCUT2D eigenvalue weighted by Gasteiger charge is 2.58. The SMILES string of the molecule is CCCCCCCC[C@@H]1CC[C@@H]2[C@@H]3CC=C4C[C@@H](OC(=O)/C(C)=C(/C)Cl)CC[C@]4(C)[C@H]3CC[C@]12C. The fraction of sp³-hybridized carbons (Fsp3) is 0.844. The summed E-state index contributed by atoms with van der Waals surface area (Å²) in [6, 6.07) is 0. The molecule has 0 saturated heterocycles. The second kappa shape index (κ2) is 11.3. The van der Waals surface area contributed by atoms with Crippen molar-refractivity contribution in [1.29, 1.82) is 0 Å². The van der Waals surface area contributed by atoms with Gasteiger partial charge < -0.3 is 4.74 Å². The molecule has 0 bridgehead atoms. The smallest absolute Gasteiger partial charge is 0.335 e. The molecule has 0 amide bonds. The van der Waals surface area contributed by atoms with E-state index in [9.17, 15) is 4.79 Å². The molecule has 3 saturated carbocycles. The Bertz CT molecular complexity index is 823. The van der Waals surface area contributed by atoms with Gasteiger partial charge in [0.25, 0.3) is 0 Å². The van der Waals surface area contributed by atoms with E-state index in [0.717, 1.165) is 42.9 Å². The zero-order valence-electron chi connectivity index (χ0n) is 23.3. The molecule has 0 aliphatic heterocycles. The molecule has 0 radical (unpaired) electrons. The molecule has 198 valence electrons. The van der Waals surface area contributed by atoms with Crippen LogP contribution in [0.15, 0.2) is 22.3 Å². The molecule has 3 heteroatoms. The molecule has 7 atom stereocenters. The Balaban J connectivity index is 1.38. The number of carbonyl (C=O) groups excluding carboxylic acids is 1. The Morgan fingerprint density at radius 1 is 1.00 bits per heavy atom. The summed E-state index contributed by atoms with van der Waals surface area (Å²) in [5.41, 5.74) is 3.00. The van der Waals surface area contributed by atoms with Crippen molar-refractivity contribution in [2.75, 3.05) is 0 Å². The molecule has 4 aliphatic rings. The molecular formula is C32H51ClO2. The Labute approximate surface area is 220 Å².